The molecule has 3 aromatic rings. The average Bonchev–Trinajstić information content (AvgIpc) is 3.30. The molecule has 0 spiro atoms. The van der Waals surface area contributed by atoms with Crippen molar-refractivity contribution >= 4 is 17.9 Å². The number of amides is 2. The van der Waals surface area contributed by atoms with Crippen LogP contribution < -0.4 is 15.2 Å². The predicted octanol–water partition coefficient (Wildman–Crippen LogP) is 3.71. The van der Waals surface area contributed by atoms with E-state index in [1.54, 1.807) is 50.4 Å². The molecular weight excluding hydrogens is 451 g/mol. The number of aryl methyl sites for hydroxylation is 1. The number of rotatable bonds is 11. The fraction of sp³-hybridized carbons (Fsp3) is 0.269. The van der Waals surface area contributed by atoms with Crippen molar-refractivity contribution in [1.82, 2.24) is 15.1 Å². The third-order valence-electron chi connectivity index (χ3n) is 5.60. The van der Waals surface area contributed by atoms with Crippen LogP contribution in [0.3, 0.4) is 0 Å². The molecular formula is C26H29FN4O4. The summed E-state index contributed by atoms with van der Waals surface area (Å²) in [6.45, 7) is 2.17. The molecule has 9 heteroatoms. The first-order valence-corrected chi connectivity index (χ1v) is 11.1. The van der Waals surface area contributed by atoms with Gasteiger partial charge in [-0.1, -0.05) is 6.08 Å². The Morgan fingerprint density at radius 1 is 1.17 bits per heavy atom. The Morgan fingerprint density at radius 2 is 1.91 bits per heavy atom. The van der Waals surface area contributed by atoms with Crippen LogP contribution in [0.5, 0.6) is 11.5 Å². The number of nitrogens with two attached hydrogens (primary N) is 1. The predicted molar refractivity (Wildman–Crippen MR) is 131 cm³/mol. The van der Waals surface area contributed by atoms with Crippen LogP contribution >= 0.6 is 0 Å². The Kier molecular flexibility index (Phi) is 8.74. The normalized spacial score (nSPS) is 11.3. The minimum atomic E-state index is -0.501. The standard InChI is InChI=1S/C26H29FN4O4/c1-4-21(26(33)31(16-32)15-18-9-12-20(34-2)14-23(18)35-3)24-22(6-5-13-28)29-30-25(24)17-7-10-19(27)11-8-17/h4,7-12,14,16H,5-6,13,15,28H2,1-3H3,(H,29,30)/b21-4-. The van der Waals surface area contributed by atoms with Gasteiger partial charge in [-0.2, -0.15) is 5.10 Å². The van der Waals surface area contributed by atoms with Gasteiger partial charge in [0.2, 0.25) is 6.41 Å². The van der Waals surface area contributed by atoms with E-state index in [0.29, 0.717) is 70.9 Å². The molecule has 0 aliphatic carbocycles. The van der Waals surface area contributed by atoms with Crippen LogP contribution in [0, 0.1) is 5.82 Å². The number of benzene rings is 2. The van der Waals surface area contributed by atoms with Crippen LogP contribution in [-0.2, 0) is 22.6 Å². The Hall–Kier alpha value is -3.98. The molecule has 0 fully saturated rings. The molecule has 2 amide bonds. The summed E-state index contributed by atoms with van der Waals surface area (Å²) in [4.78, 5) is 26.8. The van der Waals surface area contributed by atoms with Crippen molar-refractivity contribution in [3.63, 3.8) is 0 Å². The molecule has 1 heterocycles. The van der Waals surface area contributed by atoms with Gasteiger partial charge in [-0.25, -0.2) is 4.39 Å². The summed E-state index contributed by atoms with van der Waals surface area (Å²) < 4.78 is 24.2. The maximum Gasteiger partial charge on any atom is 0.260 e. The molecule has 0 saturated heterocycles. The topological polar surface area (TPSA) is 111 Å². The number of ether oxygens (including phenoxy) is 2. The molecule has 184 valence electrons. The third kappa shape index (κ3) is 5.75. The van der Waals surface area contributed by atoms with E-state index in [1.807, 2.05) is 0 Å². The largest absolute Gasteiger partial charge is 0.497 e. The number of hydrogen-bond donors (Lipinski definition) is 2. The van der Waals surface area contributed by atoms with Gasteiger partial charge in [-0.05, 0) is 62.7 Å². The quantitative estimate of drug-likeness (QED) is 0.320. The van der Waals surface area contributed by atoms with Gasteiger partial charge in [-0.15, -0.1) is 0 Å². The summed E-state index contributed by atoms with van der Waals surface area (Å²) in [6, 6.07) is 11.0. The number of aromatic amines is 1. The lowest BCUT2D eigenvalue weighted by molar-refractivity contribution is -0.134. The summed E-state index contributed by atoms with van der Waals surface area (Å²) in [5, 5.41) is 7.41. The first-order chi connectivity index (χ1) is 17.0. The third-order valence-corrected chi connectivity index (χ3v) is 5.60. The number of nitrogens with one attached hydrogen (secondary N) is 1. The summed E-state index contributed by atoms with van der Waals surface area (Å²) in [5.41, 5.74) is 9.04. The zero-order valence-corrected chi connectivity index (χ0v) is 20.0. The number of halogens is 1. The van der Waals surface area contributed by atoms with Crippen LogP contribution in [0.4, 0.5) is 4.39 Å². The molecule has 1 aromatic heterocycles. The Morgan fingerprint density at radius 3 is 2.51 bits per heavy atom. The van der Waals surface area contributed by atoms with E-state index in [1.165, 1.54) is 19.2 Å². The SMILES string of the molecule is C/C=C(\C(=O)N(C=O)Cc1ccc(OC)cc1OC)c1c(-c2ccc(F)cc2)n[nH]c1CCCN. The number of nitrogens with zero attached hydrogens (tertiary/aromatic N) is 2. The van der Waals surface area contributed by atoms with Crippen molar-refractivity contribution in [3.8, 4) is 22.8 Å². The summed E-state index contributed by atoms with van der Waals surface area (Å²) in [6.07, 6.45) is 3.36. The monoisotopic (exact) mass is 480 g/mol. The minimum absolute atomic E-state index is 0.00525. The zero-order chi connectivity index (χ0) is 25.4. The number of carbonyl (C=O) groups is 2. The first kappa shape index (κ1) is 25.6. The van der Waals surface area contributed by atoms with Gasteiger partial charge in [0.1, 0.15) is 23.0 Å². The number of allylic oxidation sites excluding steroid dienone is 1. The van der Waals surface area contributed by atoms with E-state index < -0.39 is 5.91 Å². The Labute approximate surface area is 203 Å². The van der Waals surface area contributed by atoms with Crippen molar-refractivity contribution < 1.29 is 23.5 Å². The summed E-state index contributed by atoms with van der Waals surface area (Å²) in [5.74, 6) is 0.205. The second-order valence-electron chi connectivity index (χ2n) is 7.74. The van der Waals surface area contributed by atoms with E-state index in [0.717, 1.165) is 4.90 Å². The minimum Gasteiger partial charge on any atom is -0.497 e. The first-order valence-electron chi connectivity index (χ1n) is 11.1. The van der Waals surface area contributed by atoms with E-state index in [4.69, 9.17) is 15.2 Å². The second-order valence-corrected chi connectivity index (χ2v) is 7.74. The molecule has 35 heavy (non-hydrogen) atoms. The molecule has 0 saturated carbocycles. The second kappa shape index (κ2) is 11.9. The fourth-order valence-corrected chi connectivity index (χ4v) is 3.80. The van der Waals surface area contributed by atoms with Gasteiger partial charge in [0, 0.05) is 34.0 Å². The molecule has 0 aliphatic heterocycles. The van der Waals surface area contributed by atoms with Gasteiger partial charge in [0.05, 0.1) is 20.8 Å². The van der Waals surface area contributed by atoms with Crippen molar-refractivity contribution in [2.45, 2.75) is 26.3 Å². The fourth-order valence-electron chi connectivity index (χ4n) is 3.80. The lowest BCUT2D eigenvalue weighted by Crippen LogP contribution is -2.30. The van der Waals surface area contributed by atoms with Crippen molar-refractivity contribution in [2.75, 3.05) is 20.8 Å². The van der Waals surface area contributed by atoms with Crippen molar-refractivity contribution in [1.29, 1.82) is 0 Å². The smallest absolute Gasteiger partial charge is 0.260 e. The van der Waals surface area contributed by atoms with E-state index in [-0.39, 0.29) is 12.4 Å². The number of hydrogen-bond acceptors (Lipinski definition) is 6. The highest BCUT2D eigenvalue weighted by Gasteiger charge is 2.27. The van der Waals surface area contributed by atoms with Crippen LogP contribution in [0.15, 0.2) is 48.5 Å². The van der Waals surface area contributed by atoms with Crippen LogP contribution in [0.25, 0.3) is 16.8 Å². The number of imide groups is 1. The molecule has 0 aliphatic rings. The highest BCUT2D eigenvalue weighted by atomic mass is 19.1. The highest BCUT2D eigenvalue weighted by Crippen LogP contribution is 2.33. The molecule has 0 unspecified atom stereocenters. The average molecular weight is 481 g/mol. The van der Waals surface area contributed by atoms with E-state index in [2.05, 4.69) is 10.2 Å². The molecule has 0 atom stereocenters. The van der Waals surface area contributed by atoms with Gasteiger partial charge < -0.3 is 15.2 Å². The summed E-state index contributed by atoms with van der Waals surface area (Å²) in [7, 11) is 3.05. The Balaban J connectivity index is 2.01. The molecule has 2 aromatic carbocycles. The lowest BCUT2D eigenvalue weighted by Gasteiger charge is -2.20. The van der Waals surface area contributed by atoms with Gasteiger partial charge in [0.15, 0.2) is 0 Å². The zero-order valence-electron chi connectivity index (χ0n) is 20.0. The van der Waals surface area contributed by atoms with Crippen molar-refractivity contribution in [2.24, 2.45) is 5.73 Å². The maximum absolute atomic E-state index is 13.6. The van der Waals surface area contributed by atoms with Crippen molar-refractivity contribution in [3.05, 3.63) is 71.2 Å². The molecule has 3 N–H and O–H groups in total. The number of carbonyl (C=O) groups excluding carboxylic acids is 2. The van der Waals surface area contributed by atoms with Crippen LogP contribution in [0.1, 0.15) is 30.2 Å². The number of H-pyrrole nitrogens is 1. The van der Waals surface area contributed by atoms with Crippen LogP contribution in [-0.4, -0.2) is 48.2 Å². The van der Waals surface area contributed by atoms with Crippen LogP contribution in [0.2, 0.25) is 0 Å². The summed E-state index contributed by atoms with van der Waals surface area (Å²) >= 11 is 0. The van der Waals surface area contributed by atoms with Gasteiger partial charge in [-0.3, -0.25) is 19.6 Å². The Bertz CT molecular complexity index is 1200. The lowest BCUT2D eigenvalue weighted by atomic mass is 9.95. The van der Waals surface area contributed by atoms with Gasteiger partial charge >= 0.3 is 0 Å². The van der Waals surface area contributed by atoms with E-state index >= 15 is 0 Å². The van der Waals surface area contributed by atoms with Gasteiger partial charge in [0.25, 0.3) is 5.91 Å². The molecule has 0 bridgehead atoms. The number of methoxy groups -OCH3 is 2. The molecule has 8 nitrogen and oxygen atoms in total. The van der Waals surface area contributed by atoms with E-state index in [9.17, 15) is 14.0 Å². The maximum atomic E-state index is 13.6. The molecule has 3 rings (SSSR count). The highest BCUT2D eigenvalue weighted by molar-refractivity contribution is 6.23. The number of aromatic nitrogens is 2. The molecule has 0 radical (unpaired) electrons.